The van der Waals surface area contributed by atoms with Crippen molar-refractivity contribution in [1.82, 2.24) is 0 Å². The number of benzene rings is 1. The summed E-state index contributed by atoms with van der Waals surface area (Å²) < 4.78 is 4.86. The number of aromatic hydroxyl groups is 1. The van der Waals surface area contributed by atoms with Crippen molar-refractivity contribution in [1.29, 1.82) is 0 Å². The van der Waals surface area contributed by atoms with Gasteiger partial charge < -0.3 is 9.84 Å². The Kier molecular flexibility index (Phi) is 3.31. The van der Waals surface area contributed by atoms with Crippen LogP contribution in [0.4, 0.5) is 0 Å². The number of phenolic OH excluding ortho intramolecular Hbond substituents is 1. The molecule has 0 aliphatic rings. The molecular formula is C10H12O3. The lowest BCUT2D eigenvalue weighted by atomic mass is 10.2. The summed E-state index contributed by atoms with van der Waals surface area (Å²) in [5.74, 6) is -0.511. The minimum absolute atomic E-state index is 0.0383. The summed E-state index contributed by atoms with van der Waals surface area (Å²) >= 11 is 0. The van der Waals surface area contributed by atoms with Crippen molar-refractivity contribution in [3.63, 3.8) is 0 Å². The summed E-state index contributed by atoms with van der Waals surface area (Å²) in [6.45, 7) is 2.30. The third-order valence-corrected chi connectivity index (χ3v) is 1.56. The van der Waals surface area contributed by atoms with Crippen molar-refractivity contribution in [3.05, 3.63) is 29.8 Å². The molecule has 0 spiro atoms. The van der Waals surface area contributed by atoms with Gasteiger partial charge in [-0.05, 0) is 18.6 Å². The maximum atomic E-state index is 11.2. The van der Waals surface area contributed by atoms with Crippen molar-refractivity contribution >= 4 is 5.97 Å². The Morgan fingerprint density at radius 3 is 2.77 bits per heavy atom. The first-order chi connectivity index (χ1) is 6.25. The minimum Gasteiger partial charge on any atom is -0.507 e. The molecule has 3 heteroatoms. The summed E-state index contributed by atoms with van der Waals surface area (Å²) in [6.07, 6.45) is 0.777. The van der Waals surface area contributed by atoms with Gasteiger partial charge in [0.25, 0.3) is 0 Å². The Morgan fingerprint density at radius 2 is 2.15 bits per heavy atom. The molecule has 0 aromatic heterocycles. The lowest BCUT2D eigenvalue weighted by molar-refractivity contribution is 0.0502. The highest BCUT2D eigenvalue weighted by molar-refractivity contribution is 5.92. The van der Waals surface area contributed by atoms with Crippen molar-refractivity contribution in [2.45, 2.75) is 13.3 Å². The average Bonchev–Trinajstić information content (AvgIpc) is 2.15. The van der Waals surface area contributed by atoms with E-state index in [4.69, 9.17) is 4.74 Å². The first-order valence-electron chi connectivity index (χ1n) is 4.20. The Labute approximate surface area is 77.0 Å². The van der Waals surface area contributed by atoms with E-state index in [2.05, 4.69) is 0 Å². The molecule has 70 valence electrons. The van der Waals surface area contributed by atoms with Crippen molar-refractivity contribution in [3.8, 4) is 5.75 Å². The largest absolute Gasteiger partial charge is 0.507 e. The molecule has 1 N–H and O–H groups in total. The van der Waals surface area contributed by atoms with Crippen LogP contribution in [0.3, 0.4) is 0 Å². The second-order valence-corrected chi connectivity index (χ2v) is 2.65. The Morgan fingerprint density at radius 1 is 1.46 bits per heavy atom. The molecule has 3 nitrogen and oxygen atoms in total. The van der Waals surface area contributed by atoms with E-state index >= 15 is 0 Å². The number of ether oxygens (including phenoxy) is 1. The van der Waals surface area contributed by atoms with E-state index in [0.717, 1.165) is 6.42 Å². The second-order valence-electron chi connectivity index (χ2n) is 2.65. The smallest absolute Gasteiger partial charge is 0.341 e. The number of carbonyl (C=O) groups is 1. The lowest BCUT2D eigenvalue weighted by Gasteiger charge is -2.03. The molecule has 0 aliphatic heterocycles. The van der Waals surface area contributed by atoms with Gasteiger partial charge in [0.05, 0.1) is 6.61 Å². The number of phenols is 1. The SMILES string of the molecule is CCCOC(=O)c1ccccc1O. The van der Waals surface area contributed by atoms with Gasteiger partial charge >= 0.3 is 5.97 Å². The fourth-order valence-electron chi connectivity index (χ4n) is 0.919. The normalized spacial score (nSPS) is 9.62. The fraction of sp³-hybridized carbons (Fsp3) is 0.300. The van der Waals surface area contributed by atoms with Crippen molar-refractivity contribution < 1.29 is 14.6 Å². The molecule has 0 unspecified atom stereocenters. The Bertz CT molecular complexity index is 294. The van der Waals surface area contributed by atoms with Crippen LogP contribution in [0.1, 0.15) is 23.7 Å². The predicted octanol–water partition coefficient (Wildman–Crippen LogP) is 1.96. The van der Waals surface area contributed by atoms with Gasteiger partial charge in [0.2, 0.25) is 0 Å². The number of para-hydroxylation sites is 1. The molecule has 0 saturated heterocycles. The zero-order valence-corrected chi connectivity index (χ0v) is 7.49. The molecule has 0 fully saturated rings. The van der Waals surface area contributed by atoms with Gasteiger partial charge in [-0.3, -0.25) is 0 Å². The predicted molar refractivity (Wildman–Crippen MR) is 48.7 cm³/mol. The average molecular weight is 180 g/mol. The molecule has 0 amide bonds. The fourth-order valence-corrected chi connectivity index (χ4v) is 0.919. The van der Waals surface area contributed by atoms with E-state index in [9.17, 15) is 9.90 Å². The van der Waals surface area contributed by atoms with Crippen LogP contribution in [0.15, 0.2) is 24.3 Å². The quantitative estimate of drug-likeness (QED) is 0.723. The molecule has 1 aromatic carbocycles. The van der Waals surface area contributed by atoms with Crippen LogP contribution in [0.2, 0.25) is 0 Å². The molecule has 0 saturated carbocycles. The van der Waals surface area contributed by atoms with Crippen LogP contribution in [0.25, 0.3) is 0 Å². The molecule has 1 rings (SSSR count). The van der Waals surface area contributed by atoms with Crippen LogP contribution in [-0.4, -0.2) is 17.7 Å². The van der Waals surface area contributed by atoms with Gasteiger partial charge in [-0.2, -0.15) is 0 Å². The van der Waals surface area contributed by atoms with Gasteiger partial charge in [-0.25, -0.2) is 4.79 Å². The van der Waals surface area contributed by atoms with Crippen molar-refractivity contribution in [2.75, 3.05) is 6.61 Å². The van der Waals surface area contributed by atoms with Crippen LogP contribution >= 0.6 is 0 Å². The number of esters is 1. The van der Waals surface area contributed by atoms with Crippen LogP contribution in [0.5, 0.6) is 5.75 Å². The molecule has 0 heterocycles. The summed E-state index contributed by atoms with van der Waals surface area (Å²) in [6, 6.07) is 6.34. The molecule has 0 radical (unpaired) electrons. The molecule has 1 aromatic rings. The van der Waals surface area contributed by atoms with Gasteiger partial charge in [0.15, 0.2) is 0 Å². The highest BCUT2D eigenvalue weighted by Crippen LogP contribution is 2.16. The van der Waals surface area contributed by atoms with E-state index < -0.39 is 5.97 Å². The van der Waals surface area contributed by atoms with Crippen LogP contribution in [-0.2, 0) is 4.74 Å². The summed E-state index contributed by atoms with van der Waals surface area (Å²) in [4.78, 5) is 11.2. The van der Waals surface area contributed by atoms with Gasteiger partial charge in [0, 0.05) is 0 Å². The van der Waals surface area contributed by atoms with Crippen LogP contribution < -0.4 is 0 Å². The zero-order chi connectivity index (χ0) is 9.68. The maximum Gasteiger partial charge on any atom is 0.341 e. The molecular weight excluding hydrogens is 168 g/mol. The van der Waals surface area contributed by atoms with Crippen LogP contribution in [0, 0.1) is 0 Å². The number of rotatable bonds is 3. The van der Waals surface area contributed by atoms with Gasteiger partial charge in [-0.1, -0.05) is 19.1 Å². The topological polar surface area (TPSA) is 46.5 Å². The third-order valence-electron chi connectivity index (χ3n) is 1.56. The van der Waals surface area contributed by atoms with E-state index in [1.807, 2.05) is 6.92 Å². The van der Waals surface area contributed by atoms with E-state index in [1.54, 1.807) is 12.1 Å². The minimum atomic E-state index is -0.472. The molecule has 0 aliphatic carbocycles. The second kappa shape index (κ2) is 4.50. The first kappa shape index (κ1) is 9.58. The summed E-state index contributed by atoms with van der Waals surface area (Å²) in [5, 5.41) is 9.28. The van der Waals surface area contributed by atoms with Crippen molar-refractivity contribution in [2.24, 2.45) is 0 Å². The molecule has 0 atom stereocenters. The molecule has 13 heavy (non-hydrogen) atoms. The summed E-state index contributed by atoms with van der Waals surface area (Å²) in [7, 11) is 0. The van der Waals surface area contributed by atoms with Gasteiger partial charge in [0.1, 0.15) is 11.3 Å². The Balaban J connectivity index is 2.71. The molecule has 0 bridgehead atoms. The zero-order valence-electron chi connectivity index (χ0n) is 7.49. The maximum absolute atomic E-state index is 11.2. The number of hydrogen-bond acceptors (Lipinski definition) is 3. The number of hydrogen-bond donors (Lipinski definition) is 1. The monoisotopic (exact) mass is 180 g/mol. The van der Waals surface area contributed by atoms with E-state index in [1.165, 1.54) is 12.1 Å². The summed E-state index contributed by atoms with van der Waals surface area (Å²) in [5.41, 5.74) is 0.218. The standard InChI is InChI=1S/C10H12O3/c1-2-7-13-10(12)8-5-3-4-6-9(8)11/h3-6,11H,2,7H2,1H3. The Hall–Kier alpha value is -1.51. The number of carbonyl (C=O) groups excluding carboxylic acids is 1. The van der Waals surface area contributed by atoms with Gasteiger partial charge in [-0.15, -0.1) is 0 Å². The third kappa shape index (κ3) is 2.47. The van der Waals surface area contributed by atoms with E-state index in [0.29, 0.717) is 6.61 Å². The lowest BCUT2D eigenvalue weighted by Crippen LogP contribution is -2.05. The highest BCUT2D eigenvalue weighted by atomic mass is 16.5. The highest BCUT2D eigenvalue weighted by Gasteiger charge is 2.10. The first-order valence-corrected chi connectivity index (χ1v) is 4.20. The van der Waals surface area contributed by atoms with E-state index in [-0.39, 0.29) is 11.3 Å².